The first kappa shape index (κ1) is 93.2. The van der Waals surface area contributed by atoms with E-state index in [4.69, 9.17) is 32.3 Å². The number of phosphoric acid groups is 2. The summed E-state index contributed by atoms with van der Waals surface area (Å²) in [6.45, 7) is 2.45. The van der Waals surface area contributed by atoms with Gasteiger partial charge in [-0.25, -0.2) is 9.13 Å². The van der Waals surface area contributed by atoms with E-state index in [2.05, 4.69) is 130 Å². The van der Waals surface area contributed by atoms with E-state index in [1.165, 1.54) is 109 Å². The predicted octanol–water partition coefficient (Wildman–Crippen LogP) is 22.0. The maximum Gasteiger partial charge on any atom is 0.472 e. The van der Waals surface area contributed by atoms with Crippen LogP contribution in [0.2, 0.25) is 0 Å². The third kappa shape index (κ3) is 73.3. The van der Waals surface area contributed by atoms with Crippen LogP contribution in [0.4, 0.5) is 0 Å². The highest BCUT2D eigenvalue weighted by Gasteiger charge is 2.29. The molecule has 0 aromatic rings. The Morgan fingerprint density at radius 2 is 0.567 bits per heavy atom. The Bertz CT molecular complexity index is 2200. The lowest BCUT2D eigenvalue weighted by atomic mass is 10.0. The molecule has 4 N–H and O–H groups in total. The van der Waals surface area contributed by atoms with Gasteiger partial charge in [0.05, 0.1) is 26.4 Å². The Hall–Kier alpha value is -3.79. The highest BCUT2D eigenvalue weighted by atomic mass is 31.2. The fourth-order valence-corrected chi connectivity index (χ4v) is 11.7. The first-order valence-corrected chi connectivity index (χ1v) is 41.2. The van der Waals surface area contributed by atoms with Gasteiger partial charge in [0.15, 0.2) is 6.10 Å². The standard InChI is InChI=1S/C79H138O16P2/c1-4-7-10-13-16-19-22-25-27-28-29-30-31-32-33-34-35-36-37-38-39-40-41-42-43-44-46-49-50-53-56-59-62-65-77(82)89-68-74(80)69-91-96(85,86)92-70-75(81)71-93-97(87,88)94-73-76(95-79(84)67-64-61-58-55-52-47-24-21-18-15-12-9-6-3)72-90-78(83)66-63-60-57-54-51-48-45-26-23-20-17-14-11-8-5-2/h7,10,12,15-17,19-21,24-27,29-30,32-33,45,74-76,80-81H,4-6,8-9,11,13-14,18,22-23,28,31,34-44,46-73H2,1-3H3,(H,85,86)(H,87,88)/b10-7-,15-12-,19-16-,20-17-,24-21-,27-25-,30-29-,33-32-,45-26-. The molecule has 0 spiro atoms. The monoisotopic (exact) mass is 1400 g/mol. The van der Waals surface area contributed by atoms with Crippen LogP contribution in [0.1, 0.15) is 316 Å². The number of aliphatic hydroxyl groups excluding tert-OH is 2. The van der Waals surface area contributed by atoms with E-state index in [9.17, 15) is 43.5 Å². The molecule has 0 saturated carbocycles. The van der Waals surface area contributed by atoms with Gasteiger partial charge in [-0.1, -0.05) is 284 Å². The molecule has 0 aromatic carbocycles. The fourth-order valence-electron chi connectivity index (χ4n) is 10.1. The Kier molecular flexibility index (Phi) is 69.2. The molecule has 0 aliphatic heterocycles. The number of carbonyl (C=O) groups excluding carboxylic acids is 3. The molecule has 0 aromatic heterocycles. The van der Waals surface area contributed by atoms with E-state index in [0.717, 1.165) is 148 Å². The molecule has 0 bridgehead atoms. The fraction of sp³-hybridized carbons (Fsp3) is 0.734. The molecule has 0 saturated heterocycles. The second-order valence-electron chi connectivity index (χ2n) is 25.4. The number of ether oxygens (including phenoxy) is 3. The summed E-state index contributed by atoms with van der Waals surface area (Å²) in [6, 6.07) is 0. The first-order chi connectivity index (χ1) is 47.2. The Balaban J connectivity index is 4.36. The van der Waals surface area contributed by atoms with Gasteiger partial charge in [0.25, 0.3) is 0 Å². The summed E-state index contributed by atoms with van der Waals surface area (Å²) in [4.78, 5) is 58.4. The molecule has 5 unspecified atom stereocenters. The van der Waals surface area contributed by atoms with Gasteiger partial charge < -0.3 is 34.2 Å². The van der Waals surface area contributed by atoms with Crippen LogP contribution in [0.15, 0.2) is 109 Å². The lowest BCUT2D eigenvalue weighted by Crippen LogP contribution is -2.30. The van der Waals surface area contributed by atoms with Crippen molar-refractivity contribution in [3.8, 4) is 0 Å². The van der Waals surface area contributed by atoms with Crippen molar-refractivity contribution in [3.63, 3.8) is 0 Å². The second-order valence-corrected chi connectivity index (χ2v) is 28.3. The molecule has 5 atom stereocenters. The summed E-state index contributed by atoms with van der Waals surface area (Å²) in [5, 5.41) is 20.6. The SMILES string of the molecule is CC/C=C\C/C=C\C/C=C\C/C=C\C/C=C\CCCCCCCCCCCCCCCCCCCC(=O)OCC(O)COP(=O)(O)OCC(O)COP(=O)(O)OCC(COC(=O)CCCCCCC/C=C\C/C=C\CCCCC)OC(=O)CCCCCCC/C=C\C/C=C\CCC. The molecule has 0 radical (unpaired) electrons. The highest BCUT2D eigenvalue weighted by Crippen LogP contribution is 2.45. The van der Waals surface area contributed by atoms with Crippen LogP contribution >= 0.6 is 15.6 Å². The van der Waals surface area contributed by atoms with Crippen LogP contribution in [0, 0.1) is 0 Å². The van der Waals surface area contributed by atoms with E-state index < -0.39 is 91.5 Å². The van der Waals surface area contributed by atoms with Crippen LogP contribution in [0.3, 0.4) is 0 Å². The average Bonchev–Trinajstić information content (AvgIpc) is 1.49. The summed E-state index contributed by atoms with van der Waals surface area (Å²) in [6.07, 6.45) is 83.1. The zero-order valence-corrected chi connectivity index (χ0v) is 62.8. The number of hydrogen-bond donors (Lipinski definition) is 4. The third-order valence-corrected chi connectivity index (χ3v) is 17.8. The topological polar surface area (TPSA) is 231 Å². The minimum absolute atomic E-state index is 0.0854. The average molecular weight is 1410 g/mol. The summed E-state index contributed by atoms with van der Waals surface area (Å²) >= 11 is 0. The molecular weight excluding hydrogens is 1270 g/mol. The molecule has 0 heterocycles. The van der Waals surface area contributed by atoms with Crippen molar-refractivity contribution in [2.75, 3.05) is 39.6 Å². The summed E-state index contributed by atoms with van der Waals surface area (Å²) in [5.74, 6) is -1.60. The van der Waals surface area contributed by atoms with Crippen LogP contribution in [-0.2, 0) is 55.8 Å². The quantitative estimate of drug-likeness (QED) is 0.0146. The van der Waals surface area contributed by atoms with Crippen molar-refractivity contribution in [2.24, 2.45) is 0 Å². The molecule has 0 rings (SSSR count). The van der Waals surface area contributed by atoms with Crippen LogP contribution in [-0.4, -0.2) is 95.9 Å². The van der Waals surface area contributed by atoms with E-state index >= 15 is 0 Å². The van der Waals surface area contributed by atoms with Gasteiger partial charge in [-0.15, -0.1) is 0 Å². The van der Waals surface area contributed by atoms with E-state index in [0.29, 0.717) is 19.3 Å². The zero-order chi connectivity index (χ0) is 70.9. The van der Waals surface area contributed by atoms with Gasteiger partial charge in [-0.3, -0.25) is 32.5 Å². The summed E-state index contributed by atoms with van der Waals surface area (Å²) in [5.41, 5.74) is 0. The van der Waals surface area contributed by atoms with E-state index in [1.807, 2.05) is 0 Å². The number of esters is 3. The van der Waals surface area contributed by atoms with E-state index in [-0.39, 0.29) is 19.3 Å². The highest BCUT2D eigenvalue weighted by molar-refractivity contribution is 7.47. The molecular formula is C79H138O16P2. The Morgan fingerprint density at radius 1 is 0.299 bits per heavy atom. The molecule has 16 nitrogen and oxygen atoms in total. The summed E-state index contributed by atoms with van der Waals surface area (Å²) in [7, 11) is -9.78. The lowest BCUT2D eigenvalue weighted by molar-refractivity contribution is -0.161. The van der Waals surface area contributed by atoms with Crippen LogP contribution in [0.25, 0.3) is 0 Å². The van der Waals surface area contributed by atoms with Crippen molar-refractivity contribution in [2.45, 2.75) is 334 Å². The first-order valence-electron chi connectivity index (χ1n) is 38.2. The second kappa shape index (κ2) is 72.0. The number of aliphatic hydroxyl groups is 2. The molecule has 0 aliphatic rings. The minimum Gasteiger partial charge on any atom is -0.463 e. The largest absolute Gasteiger partial charge is 0.472 e. The predicted molar refractivity (Wildman–Crippen MR) is 399 cm³/mol. The molecule has 0 fully saturated rings. The molecule has 97 heavy (non-hydrogen) atoms. The van der Waals surface area contributed by atoms with Crippen LogP contribution < -0.4 is 0 Å². The van der Waals surface area contributed by atoms with Crippen molar-refractivity contribution < 1.29 is 75.8 Å². The van der Waals surface area contributed by atoms with Gasteiger partial charge >= 0.3 is 33.6 Å². The molecule has 18 heteroatoms. The third-order valence-electron chi connectivity index (χ3n) is 15.9. The number of allylic oxidation sites excluding steroid dienone is 18. The van der Waals surface area contributed by atoms with E-state index in [1.54, 1.807) is 0 Å². The molecule has 0 amide bonds. The van der Waals surface area contributed by atoms with Crippen molar-refractivity contribution in [1.82, 2.24) is 0 Å². The maximum atomic E-state index is 12.9. The number of rotatable bonds is 72. The summed E-state index contributed by atoms with van der Waals surface area (Å²) < 4.78 is 60.9. The van der Waals surface area contributed by atoms with Gasteiger partial charge in [0.1, 0.15) is 25.4 Å². The Labute approximate surface area is 590 Å². The van der Waals surface area contributed by atoms with Gasteiger partial charge in [-0.05, 0) is 122 Å². The van der Waals surface area contributed by atoms with Gasteiger partial charge in [0.2, 0.25) is 0 Å². The molecule has 0 aliphatic carbocycles. The number of carbonyl (C=O) groups is 3. The Morgan fingerprint density at radius 3 is 0.907 bits per heavy atom. The van der Waals surface area contributed by atoms with Crippen molar-refractivity contribution >= 4 is 33.6 Å². The van der Waals surface area contributed by atoms with Crippen molar-refractivity contribution in [1.29, 1.82) is 0 Å². The number of phosphoric ester groups is 2. The smallest absolute Gasteiger partial charge is 0.463 e. The number of unbranched alkanes of at least 4 members (excludes halogenated alkanes) is 31. The number of hydrogen-bond acceptors (Lipinski definition) is 14. The lowest BCUT2D eigenvalue weighted by Gasteiger charge is -2.21. The molecule has 560 valence electrons. The maximum absolute atomic E-state index is 12.9. The van der Waals surface area contributed by atoms with Gasteiger partial charge in [0, 0.05) is 19.3 Å². The van der Waals surface area contributed by atoms with Crippen LogP contribution in [0.5, 0.6) is 0 Å². The van der Waals surface area contributed by atoms with Gasteiger partial charge in [-0.2, -0.15) is 0 Å². The zero-order valence-electron chi connectivity index (χ0n) is 61.0. The minimum atomic E-state index is -4.93. The normalized spacial score (nSPS) is 14.7. The van der Waals surface area contributed by atoms with Crippen molar-refractivity contribution in [3.05, 3.63) is 109 Å².